The van der Waals surface area contributed by atoms with Crippen molar-refractivity contribution >= 4 is 11.5 Å². The van der Waals surface area contributed by atoms with Crippen molar-refractivity contribution in [3.8, 4) is 11.5 Å². The fourth-order valence-electron chi connectivity index (χ4n) is 3.56. The number of pyridine rings is 1. The summed E-state index contributed by atoms with van der Waals surface area (Å²) in [6.07, 6.45) is 1.82. The lowest BCUT2D eigenvalue weighted by atomic mass is 10.2. The summed E-state index contributed by atoms with van der Waals surface area (Å²) < 4.78 is 11.6. The number of nitrogens with zero attached hydrogens (tertiary/aromatic N) is 3. The highest BCUT2D eigenvalue weighted by molar-refractivity contribution is 5.65. The van der Waals surface area contributed by atoms with E-state index in [1.807, 2.05) is 30.5 Å². The second-order valence-electron chi connectivity index (χ2n) is 6.77. The standard InChI is InChI=1S/C20H26N4O2/c1-16(15-22-19-7-2-3-8-21-19)23-9-11-24(12-10-23)17-5-4-6-18-20(17)26-14-13-25-18/h2-8,16H,9-15H2,1H3,(H,21,22)/t16-/m0/s1. The number of para-hydroxylation sites is 1. The van der Waals surface area contributed by atoms with Gasteiger partial charge in [-0.25, -0.2) is 4.98 Å². The quantitative estimate of drug-likeness (QED) is 0.890. The number of nitrogens with one attached hydrogen (secondary N) is 1. The van der Waals surface area contributed by atoms with Gasteiger partial charge in [0.1, 0.15) is 19.0 Å². The molecular weight excluding hydrogens is 328 g/mol. The van der Waals surface area contributed by atoms with Crippen LogP contribution < -0.4 is 19.7 Å². The Morgan fingerprint density at radius 1 is 1.04 bits per heavy atom. The molecule has 3 heterocycles. The molecule has 0 radical (unpaired) electrons. The number of aromatic nitrogens is 1. The Bertz CT molecular complexity index is 717. The van der Waals surface area contributed by atoms with E-state index in [2.05, 4.69) is 39.2 Å². The second-order valence-corrected chi connectivity index (χ2v) is 6.77. The molecule has 0 unspecified atom stereocenters. The first-order chi connectivity index (χ1) is 12.8. The number of ether oxygens (including phenoxy) is 2. The van der Waals surface area contributed by atoms with Crippen molar-refractivity contribution in [3.05, 3.63) is 42.6 Å². The summed E-state index contributed by atoms with van der Waals surface area (Å²) in [5, 5.41) is 3.42. The van der Waals surface area contributed by atoms with Crippen LogP contribution in [-0.2, 0) is 0 Å². The molecule has 1 atom stereocenters. The monoisotopic (exact) mass is 354 g/mol. The van der Waals surface area contributed by atoms with Crippen LogP contribution in [0.1, 0.15) is 6.92 Å². The summed E-state index contributed by atoms with van der Waals surface area (Å²) in [6.45, 7) is 8.49. The molecule has 1 fully saturated rings. The number of anilines is 2. The fraction of sp³-hybridized carbons (Fsp3) is 0.450. The lowest BCUT2D eigenvalue weighted by Crippen LogP contribution is -2.51. The molecule has 0 bridgehead atoms. The van der Waals surface area contributed by atoms with Gasteiger partial charge in [-0.2, -0.15) is 0 Å². The summed E-state index contributed by atoms with van der Waals surface area (Å²) in [4.78, 5) is 9.26. The van der Waals surface area contributed by atoms with Crippen LogP contribution in [0.2, 0.25) is 0 Å². The molecule has 6 nitrogen and oxygen atoms in total. The minimum atomic E-state index is 0.462. The minimum absolute atomic E-state index is 0.462. The van der Waals surface area contributed by atoms with Gasteiger partial charge in [-0.3, -0.25) is 4.90 Å². The van der Waals surface area contributed by atoms with Crippen LogP contribution >= 0.6 is 0 Å². The van der Waals surface area contributed by atoms with Crippen LogP contribution in [0.15, 0.2) is 42.6 Å². The van der Waals surface area contributed by atoms with Crippen LogP contribution in [0.3, 0.4) is 0 Å². The van der Waals surface area contributed by atoms with Gasteiger partial charge in [0.05, 0.1) is 5.69 Å². The van der Waals surface area contributed by atoms with Gasteiger partial charge >= 0.3 is 0 Å². The van der Waals surface area contributed by atoms with E-state index in [0.717, 1.165) is 55.7 Å². The summed E-state index contributed by atoms with van der Waals surface area (Å²) in [6, 6.07) is 12.6. The smallest absolute Gasteiger partial charge is 0.184 e. The van der Waals surface area contributed by atoms with Crippen LogP contribution in [0.5, 0.6) is 11.5 Å². The molecule has 6 heteroatoms. The zero-order valence-corrected chi connectivity index (χ0v) is 15.2. The van der Waals surface area contributed by atoms with Crippen LogP contribution in [-0.4, -0.2) is 61.9 Å². The highest BCUT2D eigenvalue weighted by atomic mass is 16.6. The van der Waals surface area contributed by atoms with E-state index < -0.39 is 0 Å². The van der Waals surface area contributed by atoms with E-state index in [0.29, 0.717) is 19.3 Å². The highest BCUT2D eigenvalue weighted by Gasteiger charge is 2.25. The van der Waals surface area contributed by atoms with Crippen molar-refractivity contribution in [2.24, 2.45) is 0 Å². The maximum absolute atomic E-state index is 5.87. The Morgan fingerprint density at radius 2 is 1.88 bits per heavy atom. The predicted molar refractivity (Wildman–Crippen MR) is 103 cm³/mol. The first-order valence-electron chi connectivity index (χ1n) is 9.34. The SMILES string of the molecule is C[C@@H](CNc1ccccn1)N1CCN(c2cccc3c2OCCO3)CC1. The number of benzene rings is 1. The van der Waals surface area contributed by atoms with E-state index in [-0.39, 0.29) is 0 Å². The van der Waals surface area contributed by atoms with Crippen molar-refractivity contribution < 1.29 is 9.47 Å². The minimum Gasteiger partial charge on any atom is -0.486 e. The average Bonchev–Trinajstić information content (AvgIpc) is 2.72. The van der Waals surface area contributed by atoms with Crippen LogP contribution in [0.4, 0.5) is 11.5 Å². The summed E-state index contributed by atoms with van der Waals surface area (Å²) in [5.41, 5.74) is 1.15. The number of piperazine rings is 1. The maximum atomic E-state index is 5.87. The molecule has 0 spiro atoms. The van der Waals surface area contributed by atoms with E-state index in [4.69, 9.17) is 9.47 Å². The molecule has 138 valence electrons. The van der Waals surface area contributed by atoms with Crippen molar-refractivity contribution in [1.82, 2.24) is 9.88 Å². The molecule has 1 saturated heterocycles. The van der Waals surface area contributed by atoms with Gasteiger partial charge in [0, 0.05) is 45.0 Å². The zero-order valence-electron chi connectivity index (χ0n) is 15.2. The normalized spacial score (nSPS) is 18.4. The molecule has 4 rings (SSSR count). The summed E-state index contributed by atoms with van der Waals surface area (Å²) in [5.74, 6) is 2.70. The van der Waals surface area contributed by atoms with Gasteiger partial charge < -0.3 is 19.7 Å². The van der Waals surface area contributed by atoms with Gasteiger partial charge in [0.15, 0.2) is 11.5 Å². The van der Waals surface area contributed by atoms with Gasteiger partial charge in [-0.05, 0) is 31.2 Å². The molecule has 2 aliphatic rings. The molecule has 0 amide bonds. The summed E-state index contributed by atoms with van der Waals surface area (Å²) >= 11 is 0. The number of rotatable bonds is 5. The van der Waals surface area contributed by atoms with Crippen molar-refractivity contribution in [1.29, 1.82) is 0 Å². The van der Waals surface area contributed by atoms with Gasteiger partial charge in [0.2, 0.25) is 0 Å². The number of fused-ring (bicyclic) bond motifs is 1. The third kappa shape index (κ3) is 3.70. The topological polar surface area (TPSA) is 49.9 Å². The Hall–Kier alpha value is -2.47. The first-order valence-corrected chi connectivity index (χ1v) is 9.34. The highest BCUT2D eigenvalue weighted by Crippen LogP contribution is 2.39. The molecule has 0 saturated carbocycles. The Labute approximate surface area is 154 Å². The zero-order chi connectivity index (χ0) is 17.8. The number of hydrogen-bond acceptors (Lipinski definition) is 6. The van der Waals surface area contributed by atoms with Crippen molar-refractivity contribution in [3.63, 3.8) is 0 Å². The van der Waals surface area contributed by atoms with Gasteiger partial charge in [-0.15, -0.1) is 0 Å². The molecule has 1 aromatic carbocycles. The molecule has 2 aliphatic heterocycles. The van der Waals surface area contributed by atoms with Gasteiger partial charge in [-0.1, -0.05) is 12.1 Å². The predicted octanol–water partition coefficient (Wildman–Crippen LogP) is 2.48. The molecular formula is C20H26N4O2. The second kappa shape index (κ2) is 7.83. The largest absolute Gasteiger partial charge is 0.486 e. The lowest BCUT2D eigenvalue weighted by Gasteiger charge is -2.40. The molecule has 1 N–H and O–H groups in total. The molecule has 26 heavy (non-hydrogen) atoms. The molecule has 2 aromatic rings. The lowest BCUT2D eigenvalue weighted by molar-refractivity contribution is 0.170. The summed E-state index contributed by atoms with van der Waals surface area (Å²) in [7, 11) is 0. The van der Waals surface area contributed by atoms with Gasteiger partial charge in [0.25, 0.3) is 0 Å². The van der Waals surface area contributed by atoms with E-state index in [1.54, 1.807) is 0 Å². The third-order valence-electron chi connectivity index (χ3n) is 5.07. The fourth-order valence-corrected chi connectivity index (χ4v) is 3.56. The Balaban J connectivity index is 1.33. The van der Waals surface area contributed by atoms with E-state index >= 15 is 0 Å². The Morgan fingerprint density at radius 3 is 2.69 bits per heavy atom. The average molecular weight is 354 g/mol. The first kappa shape index (κ1) is 17.0. The number of hydrogen-bond donors (Lipinski definition) is 1. The van der Waals surface area contributed by atoms with Crippen molar-refractivity contribution in [2.75, 3.05) is 56.2 Å². The van der Waals surface area contributed by atoms with Crippen molar-refractivity contribution in [2.45, 2.75) is 13.0 Å². The Kier molecular flexibility index (Phi) is 5.11. The molecule has 0 aliphatic carbocycles. The molecule has 1 aromatic heterocycles. The van der Waals surface area contributed by atoms with E-state index in [9.17, 15) is 0 Å². The van der Waals surface area contributed by atoms with E-state index in [1.165, 1.54) is 0 Å². The van der Waals surface area contributed by atoms with Crippen LogP contribution in [0, 0.1) is 0 Å². The maximum Gasteiger partial charge on any atom is 0.184 e. The van der Waals surface area contributed by atoms with Crippen LogP contribution in [0.25, 0.3) is 0 Å². The third-order valence-corrected chi connectivity index (χ3v) is 5.07.